The van der Waals surface area contributed by atoms with Crippen molar-refractivity contribution in [1.29, 1.82) is 0 Å². The highest BCUT2D eigenvalue weighted by Gasteiger charge is 2.30. The minimum atomic E-state index is -0.687. The summed E-state index contributed by atoms with van der Waals surface area (Å²) in [5.41, 5.74) is 0.195. The highest BCUT2D eigenvalue weighted by molar-refractivity contribution is 7.21. The summed E-state index contributed by atoms with van der Waals surface area (Å²) in [6, 6.07) is 7.71. The summed E-state index contributed by atoms with van der Waals surface area (Å²) < 4.78 is 3.36. The second-order valence-corrected chi connectivity index (χ2v) is 6.75. The topological polar surface area (TPSA) is 85.1 Å². The fourth-order valence-electron chi connectivity index (χ4n) is 2.92. The molecule has 3 heterocycles. The number of nitrogens with zero attached hydrogens (tertiary/aromatic N) is 2. The number of nitrogens with one attached hydrogen (secondary N) is 2. The van der Waals surface area contributed by atoms with Gasteiger partial charge in [0.1, 0.15) is 11.0 Å². The summed E-state index contributed by atoms with van der Waals surface area (Å²) in [6.07, 6.45) is 0.774. The fraction of sp³-hybridized carbons (Fsp3) is 0.188. The molecule has 2 aromatic heterocycles. The van der Waals surface area contributed by atoms with Crippen LogP contribution < -0.4 is 21.9 Å². The van der Waals surface area contributed by atoms with Crippen molar-refractivity contribution >= 4 is 33.0 Å². The molecule has 1 aliphatic heterocycles. The molecule has 0 saturated carbocycles. The standard InChI is InChI=1S/C16H14N4O3S/c1-19-7-9(15(22)20(2)16(19)23)13-17-11-8-5-3-4-6-10(8)24-12(11)14(21)18-13/h3-7,13,17H,1-2H3,(H,18,21)/t13-/m1/s1. The summed E-state index contributed by atoms with van der Waals surface area (Å²) in [7, 11) is 2.99. The Hall–Kier alpha value is -2.87. The van der Waals surface area contributed by atoms with E-state index in [0.29, 0.717) is 10.4 Å². The van der Waals surface area contributed by atoms with E-state index in [2.05, 4.69) is 10.6 Å². The zero-order valence-corrected chi connectivity index (χ0v) is 13.8. The summed E-state index contributed by atoms with van der Waals surface area (Å²) in [4.78, 5) is 37.3. The summed E-state index contributed by atoms with van der Waals surface area (Å²) in [5, 5.41) is 6.97. The van der Waals surface area contributed by atoms with Crippen molar-refractivity contribution < 1.29 is 4.79 Å². The first-order chi connectivity index (χ1) is 11.5. The Labute approximate surface area is 140 Å². The number of hydrogen-bond donors (Lipinski definition) is 2. The maximum atomic E-state index is 12.5. The summed E-state index contributed by atoms with van der Waals surface area (Å²) >= 11 is 1.40. The molecule has 24 heavy (non-hydrogen) atoms. The molecule has 3 aromatic rings. The Bertz CT molecular complexity index is 1110. The SMILES string of the molecule is Cn1cc([C@H]2NC(=O)c3sc4ccccc4c3N2)c(=O)n(C)c1=O. The van der Waals surface area contributed by atoms with Crippen molar-refractivity contribution in [3.63, 3.8) is 0 Å². The van der Waals surface area contributed by atoms with Gasteiger partial charge >= 0.3 is 5.69 Å². The van der Waals surface area contributed by atoms with Crippen LogP contribution in [-0.4, -0.2) is 15.0 Å². The van der Waals surface area contributed by atoms with E-state index in [1.165, 1.54) is 29.1 Å². The average molecular weight is 342 g/mol. The molecule has 8 heteroatoms. The van der Waals surface area contributed by atoms with Crippen molar-refractivity contribution in [1.82, 2.24) is 14.5 Å². The number of thiophene rings is 1. The normalized spacial score (nSPS) is 16.6. The molecule has 122 valence electrons. The highest BCUT2D eigenvalue weighted by atomic mass is 32.1. The molecular weight excluding hydrogens is 328 g/mol. The van der Waals surface area contributed by atoms with E-state index in [0.717, 1.165) is 20.3 Å². The van der Waals surface area contributed by atoms with Gasteiger partial charge in [-0.2, -0.15) is 0 Å². The molecule has 0 fully saturated rings. The lowest BCUT2D eigenvalue weighted by molar-refractivity contribution is 0.0939. The number of aryl methyl sites for hydroxylation is 1. The lowest BCUT2D eigenvalue weighted by atomic mass is 10.1. The van der Waals surface area contributed by atoms with Gasteiger partial charge in [0.15, 0.2) is 0 Å². The van der Waals surface area contributed by atoms with Crippen molar-refractivity contribution in [3.8, 4) is 0 Å². The molecule has 1 atom stereocenters. The molecule has 0 radical (unpaired) electrons. The van der Waals surface area contributed by atoms with Crippen LogP contribution in [-0.2, 0) is 14.1 Å². The predicted octanol–water partition coefficient (Wildman–Crippen LogP) is 1.15. The van der Waals surface area contributed by atoms with E-state index >= 15 is 0 Å². The zero-order valence-electron chi connectivity index (χ0n) is 13.0. The maximum Gasteiger partial charge on any atom is 0.330 e. The van der Waals surface area contributed by atoms with Gasteiger partial charge in [0, 0.05) is 30.4 Å². The largest absolute Gasteiger partial charge is 0.359 e. The minimum absolute atomic E-state index is 0.231. The Kier molecular flexibility index (Phi) is 3.10. The van der Waals surface area contributed by atoms with Crippen LogP contribution in [0.1, 0.15) is 21.4 Å². The second-order valence-electron chi connectivity index (χ2n) is 5.70. The van der Waals surface area contributed by atoms with Gasteiger partial charge in [0.25, 0.3) is 11.5 Å². The molecule has 7 nitrogen and oxygen atoms in total. The van der Waals surface area contributed by atoms with E-state index in [4.69, 9.17) is 0 Å². The van der Waals surface area contributed by atoms with Gasteiger partial charge in [-0.3, -0.25) is 14.2 Å². The number of amides is 1. The molecule has 4 rings (SSSR count). The van der Waals surface area contributed by atoms with Crippen LogP contribution in [0, 0.1) is 0 Å². The molecule has 0 unspecified atom stereocenters. The number of fused-ring (bicyclic) bond motifs is 3. The number of anilines is 1. The minimum Gasteiger partial charge on any atom is -0.359 e. The third-order valence-corrected chi connectivity index (χ3v) is 5.32. The summed E-state index contributed by atoms with van der Waals surface area (Å²) in [5.74, 6) is -0.231. The monoisotopic (exact) mass is 342 g/mol. The van der Waals surface area contributed by atoms with Gasteiger partial charge < -0.3 is 15.2 Å². The van der Waals surface area contributed by atoms with E-state index in [1.807, 2.05) is 24.3 Å². The fourth-order valence-corrected chi connectivity index (χ4v) is 3.98. The van der Waals surface area contributed by atoms with E-state index in [9.17, 15) is 14.4 Å². The first-order valence-electron chi connectivity index (χ1n) is 7.33. The Morgan fingerprint density at radius 3 is 2.62 bits per heavy atom. The van der Waals surface area contributed by atoms with E-state index in [1.54, 1.807) is 7.05 Å². The van der Waals surface area contributed by atoms with Crippen LogP contribution in [0.25, 0.3) is 10.1 Å². The molecular formula is C16H14N4O3S. The van der Waals surface area contributed by atoms with Crippen LogP contribution in [0.3, 0.4) is 0 Å². The maximum absolute atomic E-state index is 12.5. The number of benzene rings is 1. The second kappa shape index (κ2) is 5.07. The van der Waals surface area contributed by atoms with Gasteiger partial charge in [-0.05, 0) is 6.07 Å². The smallest absolute Gasteiger partial charge is 0.330 e. The molecule has 1 aliphatic rings. The molecule has 0 bridgehead atoms. The third kappa shape index (κ3) is 2.00. The van der Waals surface area contributed by atoms with E-state index in [-0.39, 0.29) is 5.91 Å². The quantitative estimate of drug-likeness (QED) is 0.695. The van der Waals surface area contributed by atoms with Crippen molar-refractivity contribution in [2.75, 3.05) is 5.32 Å². The number of carbonyl (C=O) groups excluding carboxylic acids is 1. The van der Waals surface area contributed by atoms with Crippen LogP contribution in [0.4, 0.5) is 5.69 Å². The van der Waals surface area contributed by atoms with Crippen LogP contribution >= 0.6 is 11.3 Å². The van der Waals surface area contributed by atoms with Crippen molar-refractivity contribution in [2.24, 2.45) is 14.1 Å². The molecule has 0 saturated heterocycles. The van der Waals surface area contributed by atoms with Crippen LogP contribution in [0.2, 0.25) is 0 Å². The van der Waals surface area contributed by atoms with Gasteiger partial charge in [-0.25, -0.2) is 4.79 Å². The lowest BCUT2D eigenvalue weighted by Crippen LogP contribution is -2.45. The predicted molar refractivity (Wildman–Crippen MR) is 92.6 cm³/mol. The van der Waals surface area contributed by atoms with Crippen molar-refractivity contribution in [3.05, 3.63) is 61.7 Å². The van der Waals surface area contributed by atoms with Crippen LogP contribution in [0.5, 0.6) is 0 Å². The Morgan fingerprint density at radius 2 is 1.83 bits per heavy atom. The van der Waals surface area contributed by atoms with Crippen molar-refractivity contribution in [2.45, 2.75) is 6.17 Å². The third-order valence-electron chi connectivity index (χ3n) is 4.15. The van der Waals surface area contributed by atoms with Crippen LogP contribution in [0.15, 0.2) is 40.1 Å². The average Bonchev–Trinajstić information content (AvgIpc) is 2.96. The summed E-state index contributed by atoms with van der Waals surface area (Å²) in [6.45, 7) is 0. The van der Waals surface area contributed by atoms with Gasteiger partial charge in [-0.15, -0.1) is 11.3 Å². The van der Waals surface area contributed by atoms with E-state index < -0.39 is 17.4 Å². The number of aromatic nitrogens is 2. The molecule has 1 amide bonds. The molecule has 0 aliphatic carbocycles. The highest BCUT2D eigenvalue weighted by Crippen LogP contribution is 2.39. The Balaban J connectivity index is 1.88. The molecule has 0 spiro atoms. The lowest BCUT2D eigenvalue weighted by Gasteiger charge is -2.26. The molecule has 2 N–H and O–H groups in total. The number of hydrogen-bond acceptors (Lipinski definition) is 5. The van der Waals surface area contributed by atoms with Gasteiger partial charge in [0.2, 0.25) is 0 Å². The molecule has 1 aromatic carbocycles. The van der Waals surface area contributed by atoms with Gasteiger partial charge in [0.05, 0.1) is 11.3 Å². The first-order valence-corrected chi connectivity index (χ1v) is 8.14. The zero-order chi connectivity index (χ0) is 17.0. The first kappa shape index (κ1) is 14.7. The number of carbonyl (C=O) groups is 1. The number of rotatable bonds is 1. The van der Waals surface area contributed by atoms with Gasteiger partial charge in [-0.1, -0.05) is 18.2 Å². The Morgan fingerprint density at radius 1 is 1.08 bits per heavy atom.